The molecule has 0 spiro atoms. The van der Waals surface area contributed by atoms with Gasteiger partial charge in [-0.1, -0.05) is 36.4 Å². The highest BCUT2D eigenvalue weighted by molar-refractivity contribution is 5.81. The van der Waals surface area contributed by atoms with Crippen LogP contribution in [0, 0.1) is 5.92 Å². The Labute approximate surface area is 251 Å². The van der Waals surface area contributed by atoms with E-state index in [0.29, 0.717) is 29.0 Å². The van der Waals surface area contributed by atoms with E-state index in [0.717, 1.165) is 50.2 Å². The first-order chi connectivity index (χ1) is 20.8. The quantitative estimate of drug-likeness (QED) is 0.155. The number of methoxy groups -OCH3 is 1. The lowest BCUT2D eigenvalue weighted by Gasteiger charge is -2.31. The van der Waals surface area contributed by atoms with Crippen LogP contribution in [-0.4, -0.2) is 43.4 Å². The maximum absolute atomic E-state index is 13.3. The Hall–Kier alpha value is -3.86. The highest BCUT2D eigenvalue weighted by Gasteiger charge is 2.33. The molecule has 1 aliphatic heterocycles. The third kappa shape index (κ3) is 9.32. The summed E-state index contributed by atoms with van der Waals surface area (Å²) in [4.78, 5) is 28.7. The van der Waals surface area contributed by atoms with Gasteiger partial charge in [-0.05, 0) is 79.0 Å². The summed E-state index contributed by atoms with van der Waals surface area (Å²) in [6.45, 7) is 2.04. The number of ether oxygens (including phenoxy) is 2. The molecule has 3 aromatic rings. The zero-order chi connectivity index (χ0) is 31.9. The maximum atomic E-state index is 13.3. The predicted octanol–water partition coefficient (Wildman–Crippen LogP) is 7.47. The molecule has 5 nitrogen and oxygen atoms in total. The number of alkyl halides is 6. The highest BCUT2D eigenvalue weighted by Crippen LogP contribution is 2.34. The molecule has 3 aromatic carbocycles. The smallest absolute Gasteiger partial charge is 0.416 e. The van der Waals surface area contributed by atoms with Gasteiger partial charge >= 0.3 is 18.3 Å². The lowest BCUT2D eigenvalue weighted by molar-refractivity contribution is -0.153. The molecule has 1 aliphatic rings. The molecule has 11 heteroatoms. The number of halogens is 6. The average molecular weight is 622 g/mol. The number of Topliss-reactive ketones (excluding diaryl/α,β-unsaturated/α-hetero) is 1. The monoisotopic (exact) mass is 621 g/mol. The summed E-state index contributed by atoms with van der Waals surface area (Å²) < 4.78 is 89.1. The molecule has 1 saturated heterocycles. The third-order valence-electron chi connectivity index (χ3n) is 7.62. The van der Waals surface area contributed by atoms with E-state index in [2.05, 4.69) is 4.90 Å². The lowest BCUT2D eigenvalue weighted by atomic mass is 9.88. The predicted molar refractivity (Wildman–Crippen MR) is 151 cm³/mol. The zero-order valence-corrected chi connectivity index (χ0v) is 24.1. The van der Waals surface area contributed by atoms with Crippen molar-refractivity contribution in [3.05, 3.63) is 101 Å². The molecule has 0 aliphatic carbocycles. The number of carbonyl (C=O) groups is 2. The van der Waals surface area contributed by atoms with Crippen molar-refractivity contribution in [3.63, 3.8) is 0 Å². The van der Waals surface area contributed by atoms with E-state index in [1.165, 1.54) is 31.4 Å². The first kappa shape index (κ1) is 33.0. The Kier molecular flexibility index (Phi) is 10.7. The number of rotatable bonds is 12. The van der Waals surface area contributed by atoms with Crippen molar-refractivity contribution < 1.29 is 45.4 Å². The summed E-state index contributed by atoms with van der Waals surface area (Å²) in [5.41, 5.74) is -0.254. The van der Waals surface area contributed by atoms with E-state index < -0.39 is 41.5 Å². The van der Waals surface area contributed by atoms with Crippen LogP contribution in [0.25, 0.3) is 0 Å². The number of benzene rings is 3. The maximum Gasteiger partial charge on any atom is 0.416 e. The van der Waals surface area contributed by atoms with Gasteiger partial charge in [0.15, 0.2) is 0 Å². The van der Waals surface area contributed by atoms with Crippen molar-refractivity contribution in [1.82, 2.24) is 4.90 Å². The SMILES string of the molecule is COc1ccc([C@@H](OC(=O)Cc2ccc(C(F)(F)F)cc2)[C@H](CC(=O)Cc2ccc(C(F)(F)F)cc2)CN2CCCC2)cc1. The number of hydrogen-bond donors (Lipinski definition) is 0. The van der Waals surface area contributed by atoms with Crippen molar-refractivity contribution in [1.29, 1.82) is 0 Å². The Morgan fingerprint density at radius 3 is 1.73 bits per heavy atom. The lowest BCUT2D eigenvalue weighted by Crippen LogP contribution is -2.34. The van der Waals surface area contributed by atoms with Gasteiger partial charge in [-0.3, -0.25) is 9.59 Å². The van der Waals surface area contributed by atoms with Crippen LogP contribution in [0.3, 0.4) is 0 Å². The first-order valence-electron chi connectivity index (χ1n) is 14.2. The standard InChI is InChI=1S/C33H33F6NO4/c1-43-29-14-8-24(9-15-29)31(44-30(42)19-23-6-12-27(13-7-23)33(37,38)39)25(21-40-16-2-3-17-40)20-28(41)18-22-4-10-26(11-5-22)32(34,35)36/h4-15,25,31H,2-3,16-21H2,1H3/t25-,31-/m1/s1. The van der Waals surface area contributed by atoms with E-state index in [9.17, 15) is 35.9 Å². The fraction of sp³-hybridized carbons (Fsp3) is 0.394. The van der Waals surface area contributed by atoms with Gasteiger partial charge in [0, 0.05) is 25.3 Å². The molecule has 44 heavy (non-hydrogen) atoms. The first-order valence-corrected chi connectivity index (χ1v) is 14.2. The molecular formula is C33H33F6NO4. The number of ketones is 1. The van der Waals surface area contributed by atoms with Gasteiger partial charge in [-0.2, -0.15) is 26.3 Å². The van der Waals surface area contributed by atoms with Crippen LogP contribution >= 0.6 is 0 Å². The van der Waals surface area contributed by atoms with Crippen LogP contribution in [-0.2, 0) is 39.5 Å². The molecular weight excluding hydrogens is 588 g/mol. The molecule has 0 aromatic heterocycles. The number of nitrogens with zero attached hydrogens (tertiary/aromatic N) is 1. The second kappa shape index (κ2) is 14.3. The zero-order valence-electron chi connectivity index (χ0n) is 24.1. The molecule has 236 valence electrons. The summed E-state index contributed by atoms with van der Waals surface area (Å²) in [5.74, 6) is -0.837. The molecule has 0 radical (unpaired) electrons. The fourth-order valence-corrected chi connectivity index (χ4v) is 5.36. The molecule has 4 rings (SSSR count). The average Bonchev–Trinajstić information content (AvgIpc) is 3.48. The third-order valence-corrected chi connectivity index (χ3v) is 7.62. The Balaban J connectivity index is 1.56. The van der Waals surface area contributed by atoms with E-state index in [1.54, 1.807) is 24.3 Å². The second-order valence-electron chi connectivity index (χ2n) is 10.9. The van der Waals surface area contributed by atoms with Crippen molar-refractivity contribution in [2.24, 2.45) is 5.92 Å². The van der Waals surface area contributed by atoms with E-state index in [4.69, 9.17) is 9.47 Å². The van der Waals surface area contributed by atoms with Gasteiger partial charge in [0.2, 0.25) is 0 Å². The molecule has 1 heterocycles. The van der Waals surface area contributed by atoms with Crippen molar-refractivity contribution >= 4 is 11.8 Å². The van der Waals surface area contributed by atoms with E-state index >= 15 is 0 Å². The normalized spacial score (nSPS) is 15.5. The van der Waals surface area contributed by atoms with Gasteiger partial charge in [-0.15, -0.1) is 0 Å². The van der Waals surface area contributed by atoms with Crippen molar-refractivity contribution in [2.75, 3.05) is 26.7 Å². The summed E-state index contributed by atoms with van der Waals surface area (Å²) in [6.07, 6.45) is -8.29. The molecule has 0 N–H and O–H groups in total. The Bertz CT molecular complexity index is 1380. The fourth-order valence-electron chi connectivity index (χ4n) is 5.36. The van der Waals surface area contributed by atoms with Crippen LogP contribution in [0.15, 0.2) is 72.8 Å². The largest absolute Gasteiger partial charge is 0.497 e. The molecule has 0 saturated carbocycles. The minimum atomic E-state index is -4.51. The van der Waals surface area contributed by atoms with Crippen LogP contribution in [0.1, 0.15) is 53.2 Å². The van der Waals surface area contributed by atoms with Gasteiger partial charge < -0.3 is 14.4 Å². The molecule has 0 amide bonds. The van der Waals surface area contributed by atoms with Crippen LogP contribution < -0.4 is 4.74 Å². The van der Waals surface area contributed by atoms with Crippen LogP contribution in [0.5, 0.6) is 5.75 Å². The van der Waals surface area contributed by atoms with Gasteiger partial charge in [-0.25, -0.2) is 0 Å². The van der Waals surface area contributed by atoms with Crippen LogP contribution in [0.2, 0.25) is 0 Å². The number of likely N-dealkylation sites (tertiary alicyclic amines) is 1. The minimum Gasteiger partial charge on any atom is -0.497 e. The molecule has 2 atom stereocenters. The Morgan fingerprint density at radius 1 is 0.750 bits per heavy atom. The number of hydrogen-bond acceptors (Lipinski definition) is 5. The van der Waals surface area contributed by atoms with Crippen molar-refractivity contribution in [2.45, 2.75) is 50.6 Å². The Morgan fingerprint density at radius 2 is 1.25 bits per heavy atom. The van der Waals surface area contributed by atoms with E-state index in [-0.39, 0.29) is 25.0 Å². The summed E-state index contributed by atoms with van der Waals surface area (Å²) in [5, 5.41) is 0. The van der Waals surface area contributed by atoms with E-state index in [1.807, 2.05) is 0 Å². The molecule has 1 fully saturated rings. The van der Waals surface area contributed by atoms with Gasteiger partial charge in [0.05, 0.1) is 24.7 Å². The second-order valence-corrected chi connectivity index (χ2v) is 10.9. The summed E-state index contributed by atoms with van der Waals surface area (Å²) in [6, 6.07) is 15.5. The van der Waals surface area contributed by atoms with Gasteiger partial charge in [0.1, 0.15) is 17.6 Å². The highest BCUT2D eigenvalue weighted by atomic mass is 19.4. The topological polar surface area (TPSA) is 55.8 Å². The summed E-state index contributed by atoms with van der Waals surface area (Å²) in [7, 11) is 1.51. The number of esters is 1. The van der Waals surface area contributed by atoms with Crippen molar-refractivity contribution in [3.8, 4) is 5.75 Å². The molecule has 0 bridgehead atoms. The van der Waals surface area contributed by atoms with Gasteiger partial charge in [0.25, 0.3) is 0 Å². The minimum absolute atomic E-state index is 0.0121. The molecule has 0 unspecified atom stereocenters. The number of carbonyl (C=O) groups excluding carboxylic acids is 2. The summed E-state index contributed by atoms with van der Waals surface area (Å²) >= 11 is 0. The van der Waals surface area contributed by atoms with Crippen LogP contribution in [0.4, 0.5) is 26.3 Å².